The largest absolute Gasteiger partial charge is 0.306 e. The van der Waals surface area contributed by atoms with E-state index in [9.17, 15) is 9.59 Å². The number of aldehydes is 1. The summed E-state index contributed by atoms with van der Waals surface area (Å²) >= 11 is 7.46. The molecule has 0 unspecified atom stereocenters. The molecule has 0 bridgehead atoms. The Labute approximate surface area is 147 Å². The van der Waals surface area contributed by atoms with Crippen molar-refractivity contribution < 1.29 is 9.59 Å². The molecule has 2 heterocycles. The number of pyridine rings is 1. The van der Waals surface area contributed by atoms with E-state index in [1.165, 1.54) is 11.3 Å². The molecular weight excluding hydrogens is 346 g/mol. The van der Waals surface area contributed by atoms with Gasteiger partial charge in [-0.15, -0.1) is 11.3 Å². The van der Waals surface area contributed by atoms with Gasteiger partial charge in [0.25, 0.3) is 5.91 Å². The van der Waals surface area contributed by atoms with Gasteiger partial charge < -0.3 is 5.32 Å². The van der Waals surface area contributed by atoms with Crippen molar-refractivity contribution in [2.75, 3.05) is 5.32 Å². The number of amides is 1. The third kappa shape index (κ3) is 3.34. The van der Waals surface area contributed by atoms with Crippen LogP contribution >= 0.6 is 22.9 Å². The quantitative estimate of drug-likeness (QED) is 0.709. The number of nitrogens with zero attached hydrogens (tertiary/aromatic N) is 2. The third-order valence-corrected chi connectivity index (χ3v) is 4.65. The number of aromatic nitrogens is 2. The van der Waals surface area contributed by atoms with Crippen LogP contribution in [0.1, 0.15) is 25.7 Å². The first-order valence-corrected chi connectivity index (χ1v) is 8.27. The van der Waals surface area contributed by atoms with Crippen LogP contribution in [0.2, 0.25) is 5.02 Å². The maximum Gasteiger partial charge on any atom is 0.268 e. The van der Waals surface area contributed by atoms with Crippen molar-refractivity contribution in [3.8, 4) is 11.1 Å². The van der Waals surface area contributed by atoms with E-state index in [0.717, 1.165) is 11.8 Å². The van der Waals surface area contributed by atoms with E-state index in [2.05, 4.69) is 15.3 Å². The molecule has 0 spiro atoms. The highest BCUT2D eigenvalue weighted by Gasteiger charge is 2.13. The Kier molecular flexibility index (Phi) is 4.69. The van der Waals surface area contributed by atoms with Gasteiger partial charge in [0.2, 0.25) is 0 Å². The molecule has 1 N–H and O–H groups in total. The summed E-state index contributed by atoms with van der Waals surface area (Å²) in [6.45, 7) is 1.78. The Morgan fingerprint density at radius 3 is 2.71 bits per heavy atom. The standard InChI is InChI=1S/C17H12ClN3O2S/c1-10-16(24-9-20-10)17(23)21-15-5-3-12(7-19-15)13-6-11(8-22)2-4-14(13)18/h2-9H,1H3,(H,19,21,23). The Hall–Kier alpha value is -2.57. The van der Waals surface area contributed by atoms with Gasteiger partial charge in [-0.25, -0.2) is 9.97 Å². The lowest BCUT2D eigenvalue weighted by Gasteiger charge is -2.07. The van der Waals surface area contributed by atoms with Crippen molar-refractivity contribution in [3.63, 3.8) is 0 Å². The molecule has 7 heteroatoms. The van der Waals surface area contributed by atoms with E-state index in [0.29, 0.717) is 32.5 Å². The van der Waals surface area contributed by atoms with E-state index in [1.807, 2.05) is 0 Å². The minimum absolute atomic E-state index is 0.240. The van der Waals surface area contributed by atoms with Crippen molar-refractivity contribution in [1.29, 1.82) is 0 Å². The molecular formula is C17H12ClN3O2S. The van der Waals surface area contributed by atoms with Gasteiger partial charge in [-0.3, -0.25) is 9.59 Å². The van der Waals surface area contributed by atoms with Gasteiger partial charge >= 0.3 is 0 Å². The summed E-state index contributed by atoms with van der Waals surface area (Å²) in [5, 5.41) is 3.26. The first-order chi connectivity index (χ1) is 11.6. The molecule has 0 atom stereocenters. The summed E-state index contributed by atoms with van der Waals surface area (Å²) in [6, 6.07) is 8.50. The fraction of sp³-hybridized carbons (Fsp3) is 0.0588. The van der Waals surface area contributed by atoms with Crippen LogP contribution in [0.4, 0.5) is 5.82 Å². The van der Waals surface area contributed by atoms with Crippen molar-refractivity contribution >= 4 is 40.9 Å². The number of hydrogen-bond donors (Lipinski definition) is 1. The van der Waals surface area contributed by atoms with Gasteiger partial charge in [0, 0.05) is 27.9 Å². The lowest BCUT2D eigenvalue weighted by atomic mass is 10.1. The number of rotatable bonds is 4. The molecule has 0 saturated heterocycles. The summed E-state index contributed by atoms with van der Waals surface area (Å²) < 4.78 is 0. The monoisotopic (exact) mass is 357 g/mol. The molecule has 3 rings (SSSR count). The highest BCUT2D eigenvalue weighted by Crippen LogP contribution is 2.28. The molecule has 3 aromatic rings. The lowest BCUT2D eigenvalue weighted by molar-refractivity contribution is 0.102. The first-order valence-electron chi connectivity index (χ1n) is 7.01. The SMILES string of the molecule is Cc1ncsc1C(=O)Nc1ccc(-c2cc(C=O)ccc2Cl)cn1. The number of halogens is 1. The molecule has 1 amide bonds. The third-order valence-electron chi connectivity index (χ3n) is 3.39. The fourth-order valence-electron chi connectivity index (χ4n) is 2.16. The number of hydrogen-bond acceptors (Lipinski definition) is 5. The number of anilines is 1. The Morgan fingerprint density at radius 1 is 1.25 bits per heavy atom. The van der Waals surface area contributed by atoms with Gasteiger partial charge in [-0.2, -0.15) is 0 Å². The van der Waals surface area contributed by atoms with Gasteiger partial charge in [0.15, 0.2) is 0 Å². The van der Waals surface area contributed by atoms with E-state index in [4.69, 9.17) is 11.6 Å². The Bertz CT molecular complexity index is 906. The average Bonchev–Trinajstić information content (AvgIpc) is 3.02. The number of nitrogens with one attached hydrogen (secondary N) is 1. The summed E-state index contributed by atoms with van der Waals surface area (Å²) in [5.41, 5.74) is 4.32. The zero-order chi connectivity index (χ0) is 17.1. The van der Waals surface area contributed by atoms with E-state index in [-0.39, 0.29) is 5.91 Å². The molecule has 0 fully saturated rings. The highest BCUT2D eigenvalue weighted by atomic mass is 35.5. The summed E-state index contributed by atoms with van der Waals surface area (Å²) in [6.07, 6.45) is 2.37. The van der Waals surface area contributed by atoms with E-state index < -0.39 is 0 Å². The fourth-order valence-corrected chi connectivity index (χ4v) is 3.08. The predicted molar refractivity (Wildman–Crippen MR) is 94.9 cm³/mol. The highest BCUT2D eigenvalue weighted by molar-refractivity contribution is 7.12. The number of aryl methyl sites for hydroxylation is 1. The van der Waals surface area contributed by atoms with Crippen LogP contribution in [0.5, 0.6) is 0 Å². The average molecular weight is 358 g/mol. The van der Waals surface area contributed by atoms with Crippen molar-refractivity contribution in [3.05, 3.63) is 63.2 Å². The maximum atomic E-state index is 12.1. The van der Waals surface area contributed by atoms with Crippen LogP contribution in [0.25, 0.3) is 11.1 Å². The van der Waals surface area contributed by atoms with Crippen molar-refractivity contribution in [1.82, 2.24) is 9.97 Å². The summed E-state index contributed by atoms with van der Waals surface area (Å²) in [7, 11) is 0. The second kappa shape index (κ2) is 6.90. The van der Waals surface area contributed by atoms with Gasteiger partial charge in [-0.1, -0.05) is 17.7 Å². The number of thiazole rings is 1. The van der Waals surface area contributed by atoms with Crippen molar-refractivity contribution in [2.45, 2.75) is 6.92 Å². The van der Waals surface area contributed by atoms with E-state index >= 15 is 0 Å². The summed E-state index contributed by atoms with van der Waals surface area (Å²) in [5.74, 6) is 0.190. The first kappa shape index (κ1) is 16.3. The molecule has 0 saturated carbocycles. The van der Waals surface area contributed by atoms with Gasteiger partial charge in [-0.05, 0) is 31.2 Å². The van der Waals surface area contributed by atoms with Crippen LogP contribution in [-0.4, -0.2) is 22.2 Å². The molecule has 2 aromatic heterocycles. The zero-order valence-corrected chi connectivity index (χ0v) is 14.2. The molecule has 0 aliphatic rings. The predicted octanol–water partition coefficient (Wildman–Crippen LogP) is 4.23. The van der Waals surface area contributed by atoms with Crippen LogP contribution < -0.4 is 5.32 Å². The maximum absolute atomic E-state index is 12.1. The zero-order valence-electron chi connectivity index (χ0n) is 12.6. The van der Waals surface area contributed by atoms with Crippen molar-refractivity contribution in [2.24, 2.45) is 0 Å². The van der Waals surface area contributed by atoms with Crippen LogP contribution in [-0.2, 0) is 0 Å². The Balaban J connectivity index is 1.82. The smallest absolute Gasteiger partial charge is 0.268 e. The summed E-state index contributed by atoms with van der Waals surface area (Å²) in [4.78, 5) is 31.9. The van der Waals surface area contributed by atoms with Crippen LogP contribution in [0, 0.1) is 6.92 Å². The minimum atomic E-state index is -0.240. The topological polar surface area (TPSA) is 72.0 Å². The van der Waals surface area contributed by atoms with Crippen LogP contribution in [0.3, 0.4) is 0 Å². The molecule has 0 aliphatic heterocycles. The second-order valence-electron chi connectivity index (χ2n) is 5.01. The van der Waals surface area contributed by atoms with E-state index in [1.54, 1.807) is 49.0 Å². The second-order valence-corrected chi connectivity index (χ2v) is 6.27. The number of carbonyl (C=O) groups excluding carboxylic acids is 2. The minimum Gasteiger partial charge on any atom is -0.306 e. The van der Waals surface area contributed by atoms with Crippen LogP contribution in [0.15, 0.2) is 42.0 Å². The molecule has 0 aliphatic carbocycles. The molecule has 120 valence electrons. The molecule has 5 nitrogen and oxygen atoms in total. The molecule has 0 radical (unpaired) electrons. The molecule has 24 heavy (non-hydrogen) atoms. The lowest BCUT2D eigenvalue weighted by Crippen LogP contribution is -2.12. The Morgan fingerprint density at radius 2 is 2.08 bits per heavy atom. The van der Waals surface area contributed by atoms with Gasteiger partial charge in [0.1, 0.15) is 17.0 Å². The molecule has 1 aromatic carbocycles. The normalized spacial score (nSPS) is 10.4. The number of benzene rings is 1. The van der Waals surface area contributed by atoms with Gasteiger partial charge in [0.05, 0.1) is 11.2 Å². The number of carbonyl (C=O) groups is 2.